The van der Waals surface area contributed by atoms with E-state index in [1.165, 1.54) is 16.0 Å². The third kappa shape index (κ3) is 4.30. The van der Waals surface area contributed by atoms with Crippen LogP contribution >= 0.6 is 11.3 Å². The molecule has 0 unspecified atom stereocenters. The third-order valence-electron chi connectivity index (χ3n) is 6.34. The van der Waals surface area contributed by atoms with Crippen molar-refractivity contribution < 1.29 is 14.3 Å². The van der Waals surface area contributed by atoms with Gasteiger partial charge in [0.25, 0.3) is 0 Å². The summed E-state index contributed by atoms with van der Waals surface area (Å²) >= 11 is 1.77. The molecule has 1 aliphatic carbocycles. The van der Waals surface area contributed by atoms with Gasteiger partial charge in [-0.05, 0) is 48.8 Å². The zero-order valence-corrected chi connectivity index (χ0v) is 18.6. The Hall–Kier alpha value is -2.18. The number of methoxy groups -OCH3 is 1. The number of hydrogen-bond acceptors (Lipinski definition) is 4. The third-order valence-corrected chi connectivity index (χ3v) is 7.33. The van der Waals surface area contributed by atoms with Crippen molar-refractivity contribution in [1.82, 2.24) is 9.80 Å². The summed E-state index contributed by atoms with van der Waals surface area (Å²) in [7, 11) is 1.63. The van der Waals surface area contributed by atoms with E-state index in [2.05, 4.69) is 42.6 Å². The monoisotopic (exact) mass is 426 g/mol. The van der Waals surface area contributed by atoms with E-state index in [0.29, 0.717) is 19.7 Å². The molecule has 2 aliphatic rings. The summed E-state index contributed by atoms with van der Waals surface area (Å²) in [4.78, 5) is 31.4. The standard InChI is InChI=1S/C24H30N2O3S/c1-17-6-8-18(9-7-17)23-20-11-15-30-21(20)10-12-26(23)22(27)16-25(13-14-29-2)24(28)19-4-3-5-19/h6-9,11,15,19,23H,3-5,10,12-14,16H2,1-2H3/t23-/m0/s1. The van der Waals surface area contributed by atoms with Crippen molar-refractivity contribution in [3.05, 3.63) is 57.3 Å². The van der Waals surface area contributed by atoms with Gasteiger partial charge >= 0.3 is 0 Å². The molecule has 4 rings (SSSR count). The van der Waals surface area contributed by atoms with Crippen molar-refractivity contribution in [2.24, 2.45) is 5.92 Å². The average molecular weight is 427 g/mol. The van der Waals surface area contributed by atoms with Gasteiger partial charge in [-0.3, -0.25) is 9.59 Å². The second-order valence-electron chi connectivity index (χ2n) is 8.33. The molecule has 6 heteroatoms. The second-order valence-corrected chi connectivity index (χ2v) is 9.33. The molecule has 2 heterocycles. The minimum atomic E-state index is -0.0869. The maximum Gasteiger partial charge on any atom is 0.242 e. The van der Waals surface area contributed by atoms with Crippen LogP contribution in [0.25, 0.3) is 0 Å². The number of rotatable bonds is 7. The lowest BCUT2D eigenvalue weighted by molar-refractivity contribution is -0.146. The van der Waals surface area contributed by atoms with Gasteiger partial charge in [-0.15, -0.1) is 11.3 Å². The predicted molar refractivity (Wildman–Crippen MR) is 119 cm³/mol. The SMILES string of the molecule is COCCN(CC(=O)N1CCc2sccc2[C@@H]1c1ccc(C)cc1)C(=O)C1CCC1. The van der Waals surface area contributed by atoms with Crippen LogP contribution in [-0.4, -0.2) is 55.0 Å². The molecule has 160 valence electrons. The van der Waals surface area contributed by atoms with Gasteiger partial charge in [0.1, 0.15) is 0 Å². The van der Waals surface area contributed by atoms with Crippen LogP contribution in [-0.2, 0) is 20.7 Å². The van der Waals surface area contributed by atoms with Crippen LogP contribution < -0.4 is 0 Å². The Morgan fingerprint density at radius 3 is 2.63 bits per heavy atom. The van der Waals surface area contributed by atoms with Crippen molar-refractivity contribution in [2.45, 2.75) is 38.6 Å². The van der Waals surface area contributed by atoms with Crippen molar-refractivity contribution in [3.8, 4) is 0 Å². The Labute approximate surface area is 182 Å². The van der Waals surface area contributed by atoms with Gasteiger partial charge in [-0.2, -0.15) is 0 Å². The highest BCUT2D eigenvalue weighted by Crippen LogP contribution is 2.38. The highest BCUT2D eigenvalue weighted by Gasteiger charge is 2.35. The van der Waals surface area contributed by atoms with Crippen LogP contribution in [0.15, 0.2) is 35.7 Å². The fraction of sp³-hybridized carbons (Fsp3) is 0.500. The lowest BCUT2D eigenvalue weighted by Crippen LogP contribution is -2.49. The van der Waals surface area contributed by atoms with E-state index in [9.17, 15) is 9.59 Å². The lowest BCUT2D eigenvalue weighted by atomic mass is 9.84. The van der Waals surface area contributed by atoms with E-state index in [0.717, 1.165) is 31.2 Å². The molecule has 0 radical (unpaired) electrons. The van der Waals surface area contributed by atoms with Crippen LogP contribution in [0.1, 0.15) is 46.9 Å². The van der Waals surface area contributed by atoms with E-state index in [-0.39, 0.29) is 30.3 Å². The number of aryl methyl sites for hydroxylation is 1. The fourth-order valence-electron chi connectivity index (χ4n) is 4.33. The summed E-state index contributed by atoms with van der Waals surface area (Å²) in [5, 5.41) is 2.12. The number of ether oxygens (including phenoxy) is 1. The van der Waals surface area contributed by atoms with Crippen LogP contribution in [0.5, 0.6) is 0 Å². The van der Waals surface area contributed by atoms with Gasteiger partial charge in [0.15, 0.2) is 0 Å². The molecule has 1 saturated carbocycles. The molecule has 0 spiro atoms. The van der Waals surface area contributed by atoms with Crippen LogP contribution in [0.3, 0.4) is 0 Å². The summed E-state index contributed by atoms with van der Waals surface area (Å²) in [6.07, 6.45) is 3.84. The summed E-state index contributed by atoms with van der Waals surface area (Å²) in [6.45, 7) is 3.79. The first-order valence-electron chi connectivity index (χ1n) is 10.8. The van der Waals surface area contributed by atoms with E-state index in [1.807, 2.05) is 4.90 Å². The van der Waals surface area contributed by atoms with Gasteiger partial charge in [0, 0.05) is 31.0 Å². The molecular formula is C24H30N2O3S. The molecule has 2 aromatic rings. The van der Waals surface area contributed by atoms with Crippen LogP contribution in [0, 0.1) is 12.8 Å². The number of carbonyl (C=O) groups excluding carboxylic acids is 2. The summed E-state index contributed by atoms with van der Waals surface area (Å²) in [5.41, 5.74) is 3.55. The average Bonchev–Trinajstić information content (AvgIpc) is 3.18. The van der Waals surface area contributed by atoms with E-state index in [1.54, 1.807) is 23.3 Å². The van der Waals surface area contributed by atoms with Gasteiger partial charge < -0.3 is 14.5 Å². The molecule has 5 nitrogen and oxygen atoms in total. The topological polar surface area (TPSA) is 49.9 Å². The van der Waals surface area contributed by atoms with Crippen molar-refractivity contribution in [3.63, 3.8) is 0 Å². The highest BCUT2D eigenvalue weighted by atomic mass is 32.1. The number of nitrogens with zero attached hydrogens (tertiary/aromatic N) is 2. The zero-order valence-electron chi connectivity index (χ0n) is 17.8. The second kappa shape index (κ2) is 9.31. The Bertz CT molecular complexity index is 888. The molecule has 1 atom stereocenters. The molecule has 1 aromatic carbocycles. The molecule has 0 saturated heterocycles. The lowest BCUT2D eigenvalue weighted by Gasteiger charge is -2.38. The van der Waals surface area contributed by atoms with Gasteiger partial charge in [-0.25, -0.2) is 0 Å². The van der Waals surface area contributed by atoms with Crippen LogP contribution in [0.2, 0.25) is 0 Å². The molecule has 0 N–H and O–H groups in total. The maximum atomic E-state index is 13.5. The molecule has 0 bridgehead atoms. The predicted octanol–water partition coefficient (Wildman–Crippen LogP) is 3.81. The first-order valence-corrected chi connectivity index (χ1v) is 11.7. The molecule has 1 aliphatic heterocycles. The Morgan fingerprint density at radius 1 is 1.20 bits per heavy atom. The largest absolute Gasteiger partial charge is 0.383 e. The molecule has 1 aromatic heterocycles. The Kier molecular flexibility index (Phi) is 6.54. The number of hydrogen-bond donors (Lipinski definition) is 0. The zero-order chi connectivity index (χ0) is 21.1. The van der Waals surface area contributed by atoms with Gasteiger partial charge in [0.2, 0.25) is 11.8 Å². The number of carbonyl (C=O) groups is 2. The molecule has 30 heavy (non-hydrogen) atoms. The quantitative estimate of drug-likeness (QED) is 0.677. The summed E-state index contributed by atoms with van der Waals surface area (Å²) in [5.74, 6) is 0.195. The smallest absolute Gasteiger partial charge is 0.242 e. The molecule has 1 fully saturated rings. The first kappa shape index (κ1) is 21.1. The number of fused-ring (bicyclic) bond motifs is 1. The number of amides is 2. The minimum absolute atomic E-state index is 0.0150. The normalized spacial score (nSPS) is 18.6. The molecular weight excluding hydrogens is 396 g/mol. The maximum absolute atomic E-state index is 13.5. The summed E-state index contributed by atoms with van der Waals surface area (Å²) in [6, 6.07) is 10.5. The molecule has 2 amide bonds. The number of thiophene rings is 1. The fourth-order valence-corrected chi connectivity index (χ4v) is 5.23. The summed E-state index contributed by atoms with van der Waals surface area (Å²) < 4.78 is 5.20. The van der Waals surface area contributed by atoms with Crippen LogP contribution in [0.4, 0.5) is 0 Å². The van der Waals surface area contributed by atoms with Gasteiger partial charge in [0.05, 0.1) is 19.2 Å². The van der Waals surface area contributed by atoms with Crippen molar-refractivity contribution in [1.29, 1.82) is 0 Å². The van der Waals surface area contributed by atoms with Crippen molar-refractivity contribution in [2.75, 3.05) is 33.4 Å². The first-order chi connectivity index (χ1) is 14.6. The minimum Gasteiger partial charge on any atom is -0.383 e. The van der Waals surface area contributed by atoms with E-state index < -0.39 is 0 Å². The Balaban J connectivity index is 1.57. The van der Waals surface area contributed by atoms with E-state index >= 15 is 0 Å². The van der Waals surface area contributed by atoms with Crippen molar-refractivity contribution >= 4 is 23.2 Å². The van der Waals surface area contributed by atoms with Gasteiger partial charge in [-0.1, -0.05) is 36.2 Å². The highest BCUT2D eigenvalue weighted by molar-refractivity contribution is 7.10. The number of benzene rings is 1. The van der Waals surface area contributed by atoms with E-state index in [4.69, 9.17) is 4.74 Å². The Morgan fingerprint density at radius 2 is 1.97 bits per heavy atom.